The van der Waals surface area contributed by atoms with E-state index in [4.69, 9.17) is 0 Å². The Morgan fingerprint density at radius 3 is 2.55 bits per heavy atom. The third-order valence-electron chi connectivity index (χ3n) is 4.28. The molecule has 2 amide bonds. The van der Waals surface area contributed by atoms with Crippen LogP contribution in [0, 0.1) is 12.8 Å². The van der Waals surface area contributed by atoms with Crippen LogP contribution in [-0.2, 0) is 9.59 Å². The van der Waals surface area contributed by atoms with E-state index < -0.39 is 5.56 Å². The van der Waals surface area contributed by atoms with Crippen LogP contribution < -0.4 is 16.2 Å². The van der Waals surface area contributed by atoms with E-state index in [0.29, 0.717) is 16.9 Å². The molecule has 3 aromatic rings. The van der Waals surface area contributed by atoms with Gasteiger partial charge in [0.1, 0.15) is 0 Å². The fourth-order valence-electron chi connectivity index (χ4n) is 2.69. The molecule has 9 heteroatoms. The van der Waals surface area contributed by atoms with Gasteiger partial charge in [-0.15, -0.1) is 10.2 Å². The number of rotatable bonds is 7. The normalized spacial score (nSPS) is 10.7. The van der Waals surface area contributed by atoms with E-state index >= 15 is 0 Å². The molecule has 0 radical (unpaired) electrons. The second-order valence-electron chi connectivity index (χ2n) is 7.20. The van der Waals surface area contributed by atoms with Gasteiger partial charge in [-0.3, -0.25) is 19.4 Å². The van der Waals surface area contributed by atoms with Gasteiger partial charge in [0.25, 0.3) is 5.56 Å². The van der Waals surface area contributed by atoms with Crippen molar-refractivity contribution in [3.8, 4) is 11.3 Å². The molecule has 0 saturated carbocycles. The minimum atomic E-state index is -0.456. The number of nitrogens with zero attached hydrogens (tertiary/aromatic N) is 2. The number of aromatic nitrogens is 3. The SMILES string of the molecule is Cc1cccc(NC(=O)CSc2nnc(-c3ccccc3NC(=O)C(C)C)c(=O)[nH]2)c1. The van der Waals surface area contributed by atoms with Gasteiger partial charge < -0.3 is 10.6 Å². The number of carbonyl (C=O) groups excluding carboxylic acids is 2. The molecule has 0 atom stereocenters. The molecule has 0 aliphatic rings. The van der Waals surface area contributed by atoms with Crippen molar-refractivity contribution >= 4 is 35.0 Å². The molecule has 0 unspecified atom stereocenters. The molecular weight excluding hydrogens is 414 g/mol. The summed E-state index contributed by atoms with van der Waals surface area (Å²) in [6, 6.07) is 14.4. The summed E-state index contributed by atoms with van der Waals surface area (Å²) in [6.07, 6.45) is 0. The molecule has 3 N–H and O–H groups in total. The molecule has 3 rings (SSSR count). The number of nitrogens with one attached hydrogen (secondary N) is 3. The molecule has 160 valence electrons. The number of anilines is 2. The first-order chi connectivity index (χ1) is 14.8. The second kappa shape index (κ2) is 10.0. The Hall–Kier alpha value is -3.46. The average Bonchev–Trinajstić information content (AvgIpc) is 2.73. The number of benzene rings is 2. The number of para-hydroxylation sites is 1. The van der Waals surface area contributed by atoms with Crippen LogP contribution >= 0.6 is 11.8 Å². The highest BCUT2D eigenvalue weighted by Crippen LogP contribution is 2.24. The van der Waals surface area contributed by atoms with E-state index in [-0.39, 0.29) is 34.3 Å². The van der Waals surface area contributed by atoms with E-state index in [1.807, 2.05) is 31.2 Å². The highest BCUT2D eigenvalue weighted by Gasteiger charge is 2.15. The summed E-state index contributed by atoms with van der Waals surface area (Å²) in [5.41, 5.74) is 2.34. The van der Waals surface area contributed by atoms with Crippen LogP contribution in [0.5, 0.6) is 0 Å². The molecule has 0 aliphatic heterocycles. The fourth-order valence-corrected chi connectivity index (χ4v) is 3.30. The third kappa shape index (κ3) is 6.02. The van der Waals surface area contributed by atoms with Crippen LogP contribution in [0.4, 0.5) is 11.4 Å². The first-order valence-electron chi connectivity index (χ1n) is 9.70. The average molecular weight is 438 g/mol. The Kier molecular flexibility index (Phi) is 7.19. The van der Waals surface area contributed by atoms with Crippen molar-refractivity contribution in [1.82, 2.24) is 15.2 Å². The first-order valence-corrected chi connectivity index (χ1v) is 10.7. The molecule has 0 spiro atoms. The number of H-pyrrole nitrogens is 1. The Bertz CT molecular complexity index is 1160. The topological polar surface area (TPSA) is 117 Å². The van der Waals surface area contributed by atoms with E-state index in [1.54, 1.807) is 38.1 Å². The maximum Gasteiger partial charge on any atom is 0.278 e. The van der Waals surface area contributed by atoms with Crippen LogP contribution in [0.2, 0.25) is 0 Å². The van der Waals surface area contributed by atoms with Crippen molar-refractivity contribution < 1.29 is 9.59 Å². The van der Waals surface area contributed by atoms with Crippen molar-refractivity contribution in [3.63, 3.8) is 0 Å². The molecule has 0 aliphatic carbocycles. The van der Waals surface area contributed by atoms with Crippen molar-refractivity contribution in [2.24, 2.45) is 5.92 Å². The van der Waals surface area contributed by atoms with Gasteiger partial charge in [0.05, 0.1) is 11.4 Å². The van der Waals surface area contributed by atoms with Gasteiger partial charge in [0.2, 0.25) is 11.8 Å². The Morgan fingerprint density at radius 1 is 1.06 bits per heavy atom. The fraction of sp³-hybridized carbons (Fsp3) is 0.227. The zero-order chi connectivity index (χ0) is 22.4. The lowest BCUT2D eigenvalue weighted by molar-refractivity contribution is -0.119. The lowest BCUT2D eigenvalue weighted by Crippen LogP contribution is -2.20. The van der Waals surface area contributed by atoms with E-state index in [2.05, 4.69) is 25.8 Å². The molecule has 1 heterocycles. The van der Waals surface area contributed by atoms with E-state index in [1.165, 1.54) is 0 Å². The molecular formula is C22H23N5O3S. The molecule has 2 aromatic carbocycles. The quantitative estimate of drug-likeness (QED) is 0.487. The van der Waals surface area contributed by atoms with Crippen molar-refractivity contribution in [2.75, 3.05) is 16.4 Å². The zero-order valence-electron chi connectivity index (χ0n) is 17.4. The summed E-state index contributed by atoms with van der Waals surface area (Å²) in [5.74, 6) is -0.520. The van der Waals surface area contributed by atoms with Gasteiger partial charge in [-0.05, 0) is 30.7 Å². The van der Waals surface area contributed by atoms with Gasteiger partial charge in [-0.2, -0.15) is 0 Å². The van der Waals surface area contributed by atoms with Gasteiger partial charge in [-0.1, -0.05) is 55.9 Å². The van der Waals surface area contributed by atoms with Gasteiger partial charge in [-0.25, -0.2) is 0 Å². The number of carbonyl (C=O) groups is 2. The lowest BCUT2D eigenvalue weighted by Gasteiger charge is -2.11. The zero-order valence-corrected chi connectivity index (χ0v) is 18.2. The Labute approximate surface area is 183 Å². The maximum atomic E-state index is 12.6. The number of aromatic amines is 1. The summed E-state index contributed by atoms with van der Waals surface area (Å²) in [4.78, 5) is 39.5. The number of amides is 2. The van der Waals surface area contributed by atoms with E-state index in [0.717, 1.165) is 17.3 Å². The number of hydrogen-bond donors (Lipinski definition) is 3. The van der Waals surface area contributed by atoms with Crippen LogP contribution in [0.1, 0.15) is 19.4 Å². The second-order valence-corrected chi connectivity index (χ2v) is 8.17. The standard InChI is InChI=1S/C22H23N5O3S/c1-13(2)20(29)24-17-10-5-4-9-16(17)19-21(30)25-22(27-26-19)31-12-18(28)23-15-8-6-7-14(3)11-15/h4-11,13H,12H2,1-3H3,(H,23,28)(H,24,29)(H,25,27,30). The van der Waals surface area contributed by atoms with Crippen LogP contribution in [0.15, 0.2) is 58.5 Å². The third-order valence-corrected chi connectivity index (χ3v) is 5.15. The maximum absolute atomic E-state index is 12.6. The summed E-state index contributed by atoms with van der Waals surface area (Å²) >= 11 is 1.08. The largest absolute Gasteiger partial charge is 0.325 e. The predicted molar refractivity (Wildman–Crippen MR) is 122 cm³/mol. The molecule has 1 aromatic heterocycles. The van der Waals surface area contributed by atoms with Gasteiger partial charge >= 0.3 is 0 Å². The van der Waals surface area contributed by atoms with Crippen molar-refractivity contribution in [2.45, 2.75) is 25.9 Å². The molecule has 0 saturated heterocycles. The van der Waals surface area contributed by atoms with Crippen LogP contribution in [0.25, 0.3) is 11.3 Å². The summed E-state index contributed by atoms with van der Waals surface area (Å²) in [6.45, 7) is 5.51. The molecule has 0 fully saturated rings. The highest BCUT2D eigenvalue weighted by atomic mass is 32.2. The monoisotopic (exact) mass is 437 g/mol. The summed E-state index contributed by atoms with van der Waals surface area (Å²) in [5, 5.41) is 13.9. The van der Waals surface area contributed by atoms with Crippen LogP contribution in [0.3, 0.4) is 0 Å². The van der Waals surface area contributed by atoms with Crippen molar-refractivity contribution in [1.29, 1.82) is 0 Å². The predicted octanol–water partition coefficient (Wildman–Crippen LogP) is 3.47. The Morgan fingerprint density at radius 2 is 1.84 bits per heavy atom. The molecule has 8 nitrogen and oxygen atoms in total. The summed E-state index contributed by atoms with van der Waals surface area (Å²) < 4.78 is 0. The Balaban J connectivity index is 1.70. The highest BCUT2D eigenvalue weighted by molar-refractivity contribution is 7.99. The minimum absolute atomic E-state index is 0.0684. The smallest absolute Gasteiger partial charge is 0.278 e. The number of thioether (sulfide) groups is 1. The van der Waals surface area contributed by atoms with Gasteiger partial charge in [0, 0.05) is 17.2 Å². The van der Waals surface area contributed by atoms with Crippen LogP contribution in [-0.4, -0.2) is 32.7 Å². The van der Waals surface area contributed by atoms with Gasteiger partial charge in [0.15, 0.2) is 10.9 Å². The number of aryl methyl sites for hydroxylation is 1. The minimum Gasteiger partial charge on any atom is -0.325 e. The van der Waals surface area contributed by atoms with Crippen molar-refractivity contribution in [3.05, 3.63) is 64.4 Å². The summed E-state index contributed by atoms with van der Waals surface area (Å²) in [7, 11) is 0. The molecule has 31 heavy (non-hydrogen) atoms. The number of hydrogen-bond acceptors (Lipinski definition) is 6. The first kappa shape index (κ1) is 22.2. The van der Waals surface area contributed by atoms with E-state index in [9.17, 15) is 14.4 Å². The lowest BCUT2D eigenvalue weighted by atomic mass is 10.1. The molecule has 0 bridgehead atoms.